The van der Waals surface area contributed by atoms with Gasteiger partial charge in [-0.2, -0.15) is 13.2 Å². The minimum Gasteiger partial charge on any atom is -0.357 e. The van der Waals surface area contributed by atoms with Gasteiger partial charge in [-0.25, -0.2) is 9.37 Å². The monoisotopic (exact) mass is 290 g/mol. The van der Waals surface area contributed by atoms with E-state index in [1.165, 1.54) is 6.07 Å². The maximum atomic E-state index is 13.3. The van der Waals surface area contributed by atoms with E-state index < -0.39 is 11.1 Å². The Morgan fingerprint density at radius 2 is 2.05 bits per heavy atom. The average Bonchev–Trinajstić information content (AvgIpc) is 2.79. The van der Waals surface area contributed by atoms with E-state index in [0.29, 0.717) is 22.5 Å². The van der Waals surface area contributed by atoms with E-state index in [0.717, 1.165) is 6.20 Å². The van der Waals surface area contributed by atoms with Crippen LogP contribution in [-0.4, -0.2) is 4.98 Å². The zero-order valence-electron chi connectivity index (χ0n) is 9.88. The Morgan fingerprint density at radius 3 is 2.63 bits per heavy atom. The smallest absolute Gasteiger partial charge is 0.357 e. The SMILES string of the molecule is Cc1ccc(CNc2ncc(C(F)(F)F)s2)cc1F. The van der Waals surface area contributed by atoms with Crippen LogP contribution in [0.3, 0.4) is 0 Å². The summed E-state index contributed by atoms with van der Waals surface area (Å²) in [5.74, 6) is -0.339. The molecule has 0 spiro atoms. The first-order chi connectivity index (χ1) is 8.86. The molecule has 0 bridgehead atoms. The summed E-state index contributed by atoms with van der Waals surface area (Å²) >= 11 is 0.525. The molecule has 102 valence electrons. The fraction of sp³-hybridized carbons (Fsp3) is 0.250. The molecule has 0 fully saturated rings. The summed E-state index contributed by atoms with van der Waals surface area (Å²) in [7, 11) is 0. The van der Waals surface area contributed by atoms with Gasteiger partial charge in [0, 0.05) is 6.54 Å². The Labute approximate surface area is 111 Å². The van der Waals surface area contributed by atoms with Crippen molar-refractivity contribution in [3.05, 3.63) is 46.2 Å². The molecule has 1 N–H and O–H groups in total. The minimum absolute atomic E-state index is 0.160. The summed E-state index contributed by atoms with van der Waals surface area (Å²) in [4.78, 5) is 2.87. The summed E-state index contributed by atoms with van der Waals surface area (Å²) in [5, 5.41) is 2.90. The molecule has 0 aliphatic heterocycles. The van der Waals surface area contributed by atoms with Gasteiger partial charge in [0.05, 0.1) is 6.20 Å². The number of halogens is 4. The van der Waals surface area contributed by atoms with Crippen molar-refractivity contribution in [2.75, 3.05) is 5.32 Å². The molecule has 0 amide bonds. The van der Waals surface area contributed by atoms with Crippen LogP contribution in [0.2, 0.25) is 0 Å². The highest BCUT2D eigenvalue weighted by Gasteiger charge is 2.33. The number of hydrogen-bond acceptors (Lipinski definition) is 3. The summed E-state index contributed by atoms with van der Waals surface area (Å²) in [6.07, 6.45) is -3.60. The minimum atomic E-state index is -4.38. The van der Waals surface area contributed by atoms with E-state index in [9.17, 15) is 17.6 Å². The third kappa shape index (κ3) is 3.44. The van der Waals surface area contributed by atoms with Crippen molar-refractivity contribution in [1.29, 1.82) is 0 Å². The third-order valence-corrected chi connectivity index (χ3v) is 3.46. The number of rotatable bonds is 3. The van der Waals surface area contributed by atoms with Gasteiger partial charge in [-0.05, 0) is 24.1 Å². The number of aromatic nitrogens is 1. The lowest BCUT2D eigenvalue weighted by Crippen LogP contribution is -2.01. The molecule has 0 unspecified atom stereocenters. The maximum Gasteiger partial charge on any atom is 0.427 e. The highest BCUT2D eigenvalue weighted by atomic mass is 32.1. The molecule has 0 saturated carbocycles. The lowest BCUT2D eigenvalue weighted by Gasteiger charge is -2.04. The number of nitrogens with one attached hydrogen (secondary N) is 1. The molecule has 19 heavy (non-hydrogen) atoms. The molecule has 2 rings (SSSR count). The van der Waals surface area contributed by atoms with Crippen molar-refractivity contribution < 1.29 is 17.6 Å². The van der Waals surface area contributed by atoms with Crippen molar-refractivity contribution in [3.63, 3.8) is 0 Å². The largest absolute Gasteiger partial charge is 0.427 e. The lowest BCUT2D eigenvalue weighted by molar-refractivity contribution is -0.134. The molecule has 7 heteroatoms. The summed E-state index contributed by atoms with van der Waals surface area (Å²) < 4.78 is 50.3. The lowest BCUT2D eigenvalue weighted by atomic mass is 10.1. The average molecular weight is 290 g/mol. The highest BCUT2D eigenvalue weighted by molar-refractivity contribution is 7.15. The van der Waals surface area contributed by atoms with Crippen molar-refractivity contribution in [3.8, 4) is 0 Å². The first kappa shape index (κ1) is 13.8. The van der Waals surface area contributed by atoms with E-state index in [2.05, 4.69) is 10.3 Å². The van der Waals surface area contributed by atoms with Crippen LogP contribution in [0.5, 0.6) is 0 Å². The molecule has 0 aliphatic carbocycles. The van der Waals surface area contributed by atoms with Crippen LogP contribution in [0.25, 0.3) is 0 Å². The Kier molecular flexibility index (Phi) is 3.75. The van der Waals surface area contributed by atoms with Crippen LogP contribution in [0.4, 0.5) is 22.7 Å². The zero-order valence-corrected chi connectivity index (χ0v) is 10.7. The van der Waals surface area contributed by atoms with Crippen LogP contribution in [0.1, 0.15) is 16.0 Å². The predicted octanol–water partition coefficient (Wildman–Crippen LogP) is 4.22. The van der Waals surface area contributed by atoms with E-state index in [1.807, 2.05) is 0 Å². The van der Waals surface area contributed by atoms with Gasteiger partial charge in [-0.1, -0.05) is 23.5 Å². The topological polar surface area (TPSA) is 24.9 Å². The first-order valence-electron chi connectivity index (χ1n) is 5.38. The van der Waals surface area contributed by atoms with Crippen LogP contribution in [-0.2, 0) is 12.7 Å². The molecule has 1 heterocycles. The fourth-order valence-corrected chi connectivity index (χ4v) is 2.09. The number of anilines is 1. The maximum absolute atomic E-state index is 13.3. The van der Waals surface area contributed by atoms with Crippen molar-refractivity contribution in [1.82, 2.24) is 4.98 Å². The van der Waals surface area contributed by atoms with Crippen LogP contribution in [0.15, 0.2) is 24.4 Å². The Balaban J connectivity index is 2.02. The Hall–Kier alpha value is -1.63. The molecule has 0 atom stereocenters. The van der Waals surface area contributed by atoms with E-state index in [4.69, 9.17) is 0 Å². The highest BCUT2D eigenvalue weighted by Crippen LogP contribution is 2.35. The Morgan fingerprint density at radius 1 is 1.32 bits per heavy atom. The third-order valence-electron chi connectivity index (χ3n) is 2.47. The van der Waals surface area contributed by atoms with Crippen molar-refractivity contribution in [2.45, 2.75) is 19.6 Å². The number of aryl methyl sites for hydroxylation is 1. The van der Waals surface area contributed by atoms with Crippen molar-refractivity contribution in [2.24, 2.45) is 0 Å². The molecule has 0 radical (unpaired) electrons. The van der Waals surface area contributed by atoms with Crippen LogP contribution in [0, 0.1) is 12.7 Å². The zero-order chi connectivity index (χ0) is 14.0. The van der Waals surface area contributed by atoms with Gasteiger partial charge in [0.2, 0.25) is 0 Å². The number of thiazole rings is 1. The van der Waals surface area contributed by atoms with E-state index >= 15 is 0 Å². The van der Waals surface area contributed by atoms with Gasteiger partial charge in [-0.3, -0.25) is 0 Å². The van der Waals surface area contributed by atoms with Gasteiger partial charge in [0.15, 0.2) is 5.13 Å². The Bertz CT molecular complexity index is 577. The number of nitrogens with zero attached hydrogens (tertiary/aromatic N) is 1. The number of alkyl halides is 3. The molecular formula is C12H10F4N2S. The molecule has 0 aliphatic rings. The quantitative estimate of drug-likeness (QED) is 0.856. The summed E-state index contributed by atoms with van der Waals surface area (Å²) in [6, 6.07) is 4.68. The number of hydrogen-bond donors (Lipinski definition) is 1. The van der Waals surface area contributed by atoms with E-state index in [-0.39, 0.29) is 17.5 Å². The second-order valence-corrected chi connectivity index (χ2v) is 5.00. The fourth-order valence-electron chi connectivity index (χ4n) is 1.41. The second-order valence-electron chi connectivity index (χ2n) is 3.96. The van der Waals surface area contributed by atoms with Gasteiger partial charge < -0.3 is 5.32 Å². The van der Waals surface area contributed by atoms with Crippen LogP contribution >= 0.6 is 11.3 Å². The second kappa shape index (κ2) is 5.16. The van der Waals surface area contributed by atoms with E-state index in [1.54, 1.807) is 19.1 Å². The molecule has 1 aromatic heterocycles. The summed E-state index contributed by atoms with van der Waals surface area (Å²) in [5.41, 5.74) is 1.17. The van der Waals surface area contributed by atoms with Gasteiger partial charge in [0.1, 0.15) is 10.7 Å². The molecule has 2 nitrogen and oxygen atoms in total. The van der Waals surface area contributed by atoms with Gasteiger partial charge in [-0.15, -0.1) is 0 Å². The normalized spacial score (nSPS) is 11.6. The number of benzene rings is 1. The first-order valence-corrected chi connectivity index (χ1v) is 6.20. The molecule has 1 aromatic carbocycles. The predicted molar refractivity (Wildman–Crippen MR) is 65.6 cm³/mol. The van der Waals surface area contributed by atoms with Crippen molar-refractivity contribution >= 4 is 16.5 Å². The van der Waals surface area contributed by atoms with Gasteiger partial charge in [0.25, 0.3) is 0 Å². The molecule has 2 aromatic rings. The van der Waals surface area contributed by atoms with Crippen LogP contribution < -0.4 is 5.32 Å². The molecular weight excluding hydrogens is 280 g/mol. The molecule has 0 saturated heterocycles. The standard InChI is InChI=1S/C12H10F4N2S/c1-7-2-3-8(4-9(7)13)5-17-11-18-6-10(19-11)12(14,15)16/h2-4,6H,5H2,1H3,(H,17,18). The summed E-state index contributed by atoms with van der Waals surface area (Å²) in [6.45, 7) is 1.87. The van der Waals surface area contributed by atoms with Gasteiger partial charge >= 0.3 is 6.18 Å².